The fraction of sp³-hybridized carbons (Fsp3) is 0.0769. The number of nitrogens with one attached hydrogen (secondary N) is 1. The van der Waals surface area contributed by atoms with Crippen molar-refractivity contribution < 1.29 is 24.2 Å². The van der Waals surface area contributed by atoms with Crippen molar-refractivity contribution in [1.29, 1.82) is 0 Å². The second-order valence-corrected chi connectivity index (χ2v) is 5.28. The quantitative estimate of drug-likeness (QED) is 0.495. The van der Waals surface area contributed by atoms with E-state index in [9.17, 15) is 29.8 Å². The number of hydrogen-bond donors (Lipinski definition) is 1. The van der Waals surface area contributed by atoms with Gasteiger partial charge in [0.05, 0.1) is 34.3 Å². The molecular formula is C13H9N3O7S. The molecule has 24 heavy (non-hydrogen) atoms. The number of rotatable bonds is 5. The molecule has 0 radical (unpaired) electrons. The lowest BCUT2D eigenvalue weighted by Gasteiger charge is -2.06. The van der Waals surface area contributed by atoms with Crippen LogP contribution < -0.4 is 5.32 Å². The van der Waals surface area contributed by atoms with Gasteiger partial charge in [0.15, 0.2) is 0 Å². The molecule has 0 unspecified atom stereocenters. The molecule has 1 heterocycles. The summed E-state index contributed by atoms with van der Waals surface area (Å²) < 4.78 is 4.57. The van der Waals surface area contributed by atoms with Gasteiger partial charge in [0.2, 0.25) is 0 Å². The number of nitro benzene ring substituents is 2. The van der Waals surface area contributed by atoms with Gasteiger partial charge in [-0.25, -0.2) is 4.79 Å². The number of amides is 1. The number of ether oxygens (including phenoxy) is 1. The lowest BCUT2D eigenvalue weighted by molar-refractivity contribution is -0.394. The van der Waals surface area contributed by atoms with E-state index in [1.807, 2.05) is 0 Å². The third kappa shape index (κ3) is 3.52. The summed E-state index contributed by atoms with van der Waals surface area (Å²) in [6.45, 7) is 0. The standard InChI is InChI=1S/C13H9N3O7S/c1-23-13(18)11-10(2-3-24-11)14-12(17)7-4-8(15(19)20)6-9(5-7)16(21)22/h2-6H,1H3,(H,14,17). The second-order valence-electron chi connectivity index (χ2n) is 4.36. The Balaban J connectivity index is 2.36. The summed E-state index contributed by atoms with van der Waals surface area (Å²) in [6, 6.07) is 4.01. The molecule has 0 saturated carbocycles. The van der Waals surface area contributed by atoms with Crippen LogP contribution in [0.4, 0.5) is 17.1 Å². The van der Waals surface area contributed by atoms with Crippen molar-refractivity contribution in [3.05, 3.63) is 60.3 Å². The van der Waals surface area contributed by atoms with Gasteiger partial charge in [0, 0.05) is 12.1 Å². The molecule has 124 valence electrons. The van der Waals surface area contributed by atoms with Crippen molar-refractivity contribution in [2.24, 2.45) is 0 Å². The minimum Gasteiger partial charge on any atom is -0.465 e. The third-order valence-electron chi connectivity index (χ3n) is 2.87. The van der Waals surface area contributed by atoms with Gasteiger partial charge in [0.1, 0.15) is 4.88 Å². The first-order valence-electron chi connectivity index (χ1n) is 6.24. The lowest BCUT2D eigenvalue weighted by Crippen LogP contribution is -2.14. The molecule has 1 N–H and O–H groups in total. The zero-order valence-corrected chi connectivity index (χ0v) is 12.9. The number of carbonyl (C=O) groups excluding carboxylic acids is 2. The number of non-ortho nitro benzene ring substituents is 2. The summed E-state index contributed by atoms with van der Waals surface area (Å²) in [6.07, 6.45) is 0. The van der Waals surface area contributed by atoms with E-state index < -0.39 is 33.1 Å². The zero-order valence-electron chi connectivity index (χ0n) is 12.0. The summed E-state index contributed by atoms with van der Waals surface area (Å²) in [5.74, 6) is -1.49. The highest BCUT2D eigenvalue weighted by molar-refractivity contribution is 7.12. The Hall–Kier alpha value is -3.34. The largest absolute Gasteiger partial charge is 0.465 e. The number of thiophene rings is 1. The third-order valence-corrected chi connectivity index (χ3v) is 3.77. The van der Waals surface area contributed by atoms with Crippen LogP contribution in [-0.4, -0.2) is 28.8 Å². The molecule has 1 aromatic carbocycles. The van der Waals surface area contributed by atoms with Crippen LogP contribution in [0.1, 0.15) is 20.0 Å². The molecule has 0 aliphatic heterocycles. The van der Waals surface area contributed by atoms with Crippen LogP contribution in [0.25, 0.3) is 0 Å². The van der Waals surface area contributed by atoms with Gasteiger partial charge < -0.3 is 10.1 Å². The molecule has 11 heteroatoms. The van der Waals surface area contributed by atoms with E-state index in [0.717, 1.165) is 29.5 Å². The van der Waals surface area contributed by atoms with Crippen molar-refractivity contribution in [2.45, 2.75) is 0 Å². The number of nitro groups is 2. The van der Waals surface area contributed by atoms with Crippen LogP contribution in [0.2, 0.25) is 0 Å². The van der Waals surface area contributed by atoms with Crippen LogP contribution in [0.3, 0.4) is 0 Å². The number of methoxy groups -OCH3 is 1. The zero-order chi connectivity index (χ0) is 17.9. The van der Waals surface area contributed by atoms with E-state index in [1.54, 1.807) is 0 Å². The maximum absolute atomic E-state index is 12.2. The van der Waals surface area contributed by atoms with Gasteiger partial charge in [-0.15, -0.1) is 11.3 Å². The van der Waals surface area contributed by atoms with E-state index >= 15 is 0 Å². The minimum atomic E-state index is -0.839. The Morgan fingerprint density at radius 2 is 1.71 bits per heavy atom. The molecular weight excluding hydrogens is 342 g/mol. The number of anilines is 1. The molecule has 2 aromatic rings. The predicted molar refractivity (Wildman–Crippen MR) is 83.4 cm³/mol. The molecule has 0 aliphatic carbocycles. The first-order valence-corrected chi connectivity index (χ1v) is 7.12. The van der Waals surface area contributed by atoms with Crippen LogP contribution in [0.15, 0.2) is 29.6 Å². The Labute approximate surface area is 138 Å². The van der Waals surface area contributed by atoms with Gasteiger partial charge in [-0.1, -0.05) is 0 Å². The molecule has 0 bridgehead atoms. The number of carbonyl (C=O) groups is 2. The first kappa shape index (κ1) is 17.0. The van der Waals surface area contributed by atoms with E-state index in [-0.39, 0.29) is 16.1 Å². The fourth-order valence-electron chi connectivity index (χ4n) is 1.79. The van der Waals surface area contributed by atoms with Crippen molar-refractivity contribution in [2.75, 3.05) is 12.4 Å². The van der Waals surface area contributed by atoms with Gasteiger partial charge in [0.25, 0.3) is 17.3 Å². The fourth-order valence-corrected chi connectivity index (χ4v) is 2.56. The van der Waals surface area contributed by atoms with Crippen LogP contribution in [0, 0.1) is 20.2 Å². The minimum absolute atomic E-state index is 0.130. The van der Waals surface area contributed by atoms with E-state index in [0.29, 0.717) is 0 Å². The predicted octanol–water partition coefficient (Wildman–Crippen LogP) is 2.60. The Bertz CT molecular complexity index is 814. The summed E-state index contributed by atoms with van der Waals surface area (Å²) >= 11 is 1.03. The molecule has 10 nitrogen and oxygen atoms in total. The van der Waals surface area contributed by atoms with Crippen molar-refractivity contribution in [1.82, 2.24) is 0 Å². The summed E-state index contributed by atoms with van der Waals surface area (Å²) in [4.78, 5) is 43.9. The van der Waals surface area contributed by atoms with E-state index in [4.69, 9.17) is 0 Å². The van der Waals surface area contributed by atoms with Gasteiger partial charge in [-0.05, 0) is 11.4 Å². The highest BCUT2D eigenvalue weighted by Gasteiger charge is 2.21. The molecule has 2 rings (SSSR count). The molecule has 0 fully saturated rings. The first-order chi connectivity index (χ1) is 11.3. The average Bonchev–Trinajstić information content (AvgIpc) is 3.01. The topological polar surface area (TPSA) is 142 Å². The maximum Gasteiger partial charge on any atom is 0.350 e. The van der Waals surface area contributed by atoms with Gasteiger partial charge in [-0.2, -0.15) is 0 Å². The van der Waals surface area contributed by atoms with Crippen LogP contribution >= 0.6 is 11.3 Å². The van der Waals surface area contributed by atoms with Crippen molar-refractivity contribution in [3.63, 3.8) is 0 Å². The summed E-state index contributed by atoms with van der Waals surface area (Å²) in [7, 11) is 1.18. The van der Waals surface area contributed by atoms with Gasteiger partial charge >= 0.3 is 5.97 Å². The Kier molecular flexibility index (Phi) is 4.84. The lowest BCUT2D eigenvalue weighted by atomic mass is 10.1. The normalized spacial score (nSPS) is 10.0. The SMILES string of the molecule is COC(=O)c1sccc1NC(=O)c1cc([N+](=O)[O-])cc([N+](=O)[O-])c1. The average molecular weight is 351 g/mol. The van der Waals surface area contributed by atoms with Gasteiger partial charge in [-0.3, -0.25) is 25.0 Å². The monoisotopic (exact) mass is 351 g/mol. The molecule has 0 atom stereocenters. The molecule has 0 saturated heterocycles. The maximum atomic E-state index is 12.2. The highest BCUT2D eigenvalue weighted by atomic mass is 32.1. The Morgan fingerprint density at radius 1 is 1.12 bits per heavy atom. The van der Waals surface area contributed by atoms with E-state index in [1.165, 1.54) is 18.6 Å². The second kappa shape index (κ2) is 6.83. The summed E-state index contributed by atoms with van der Waals surface area (Å²) in [5, 5.41) is 25.6. The van der Waals surface area contributed by atoms with Crippen LogP contribution in [0.5, 0.6) is 0 Å². The molecule has 0 spiro atoms. The van der Waals surface area contributed by atoms with Crippen LogP contribution in [-0.2, 0) is 4.74 Å². The summed E-state index contributed by atoms with van der Waals surface area (Å²) in [5.41, 5.74) is -1.32. The highest BCUT2D eigenvalue weighted by Crippen LogP contribution is 2.26. The van der Waals surface area contributed by atoms with Crippen molar-refractivity contribution >= 4 is 40.3 Å². The smallest absolute Gasteiger partial charge is 0.350 e. The number of hydrogen-bond acceptors (Lipinski definition) is 8. The van der Waals surface area contributed by atoms with Crippen molar-refractivity contribution in [3.8, 4) is 0 Å². The molecule has 1 amide bonds. The number of benzene rings is 1. The molecule has 0 aliphatic rings. The van der Waals surface area contributed by atoms with E-state index in [2.05, 4.69) is 10.1 Å². The number of nitrogens with zero attached hydrogens (tertiary/aromatic N) is 2. The molecule has 1 aromatic heterocycles. The number of esters is 1. The Morgan fingerprint density at radius 3 is 2.21 bits per heavy atom.